The zero-order chi connectivity index (χ0) is 25.3. The van der Waals surface area contributed by atoms with Gasteiger partial charge in [-0.05, 0) is 0 Å². The molecule has 14 nitrogen and oxygen atoms in total. The third-order valence-corrected chi connectivity index (χ3v) is 7.25. The Labute approximate surface area is 191 Å². The minimum atomic E-state index is -5.08. The van der Waals surface area contributed by atoms with Crippen LogP contribution in [0.3, 0.4) is 0 Å². The number of hydrogen-bond donors (Lipinski definition) is 8. The number of ketones is 1. The molecule has 0 aromatic carbocycles. The van der Waals surface area contributed by atoms with Crippen molar-refractivity contribution in [2.75, 3.05) is 18.9 Å². The predicted octanol–water partition coefficient (Wildman–Crippen LogP) is -1.87. The van der Waals surface area contributed by atoms with Crippen molar-refractivity contribution in [2.45, 2.75) is 43.7 Å². The maximum Gasteiger partial charge on any atom is 0.470 e. The van der Waals surface area contributed by atoms with E-state index >= 15 is 0 Å². The van der Waals surface area contributed by atoms with Crippen LogP contribution >= 0.6 is 29.4 Å². The lowest BCUT2D eigenvalue weighted by Crippen LogP contribution is -2.48. The highest BCUT2D eigenvalue weighted by atomic mass is 33.1. The topological polar surface area (TPSA) is 260 Å². The van der Waals surface area contributed by atoms with Crippen LogP contribution in [0.1, 0.15) is 20.3 Å². The summed E-state index contributed by atoms with van der Waals surface area (Å²) in [5, 5.41) is 28.2. The number of nitrogens with two attached hydrogens (primary N) is 2. The van der Waals surface area contributed by atoms with Gasteiger partial charge < -0.3 is 41.9 Å². The molecule has 0 aromatic rings. The Morgan fingerprint density at radius 3 is 2.12 bits per heavy atom. The van der Waals surface area contributed by atoms with Crippen LogP contribution in [0.4, 0.5) is 0 Å². The summed E-state index contributed by atoms with van der Waals surface area (Å²) in [7, 11) is -3.49. The van der Waals surface area contributed by atoms with Gasteiger partial charge in [-0.1, -0.05) is 35.4 Å². The summed E-state index contributed by atoms with van der Waals surface area (Å²) in [6, 6.07) is -2.85. The number of amides is 1. The summed E-state index contributed by atoms with van der Waals surface area (Å²) in [5.41, 5.74) is 9.51. The molecular formula is C15H28N3O11PS2. The number of Topliss-reactive ketones (excluding diaryl/α,β-unsaturated/α-hetero) is 1. The average Bonchev–Trinajstić information content (AvgIpc) is 2.67. The SMILES string of the molecule is CC(C)(CO)[C@@H](OP(=O)(O)O)C(=O)NCCC(=O)C(SSC[C@H](N)C(=O)O)[C@H](N)C(=O)O. The zero-order valence-corrected chi connectivity index (χ0v) is 19.8. The number of aliphatic hydroxyl groups excluding tert-OH is 1. The van der Waals surface area contributed by atoms with E-state index in [1.54, 1.807) is 0 Å². The molecule has 0 saturated carbocycles. The molecule has 0 bridgehead atoms. The van der Waals surface area contributed by atoms with Crippen LogP contribution in [0.25, 0.3) is 0 Å². The fourth-order valence-corrected chi connectivity index (χ4v) is 5.44. The molecule has 0 heterocycles. The third-order valence-electron chi connectivity index (χ3n) is 3.93. The van der Waals surface area contributed by atoms with E-state index in [1.165, 1.54) is 13.8 Å². The summed E-state index contributed by atoms with van der Waals surface area (Å²) in [4.78, 5) is 64.7. The van der Waals surface area contributed by atoms with E-state index in [4.69, 9.17) is 31.5 Å². The molecule has 0 fully saturated rings. The number of carbonyl (C=O) groups is 4. The maximum atomic E-state index is 12.5. The predicted molar refractivity (Wildman–Crippen MR) is 115 cm³/mol. The molecule has 10 N–H and O–H groups in total. The van der Waals surface area contributed by atoms with Crippen LogP contribution < -0.4 is 16.8 Å². The van der Waals surface area contributed by atoms with Crippen molar-refractivity contribution in [3.8, 4) is 0 Å². The van der Waals surface area contributed by atoms with Crippen LogP contribution in [0.2, 0.25) is 0 Å². The Morgan fingerprint density at radius 2 is 1.69 bits per heavy atom. The average molecular weight is 522 g/mol. The minimum Gasteiger partial charge on any atom is -0.480 e. The van der Waals surface area contributed by atoms with Gasteiger partial charge in [0.2, 0.25) is 5.91 Å². The first-order valence-electron chi connectivity index (χ1n) is 8.93. The fourth-order valence-electron chi connectivity index (χ4n) is 2.01. The number of phosphoric acid groups is 1. The number of aliphatic hydroxyl groups is 1. The van der Waals surface area contributed by atoms with Crippen molar-refractivity contribution < 1.29 is 53.4 Å². The van der Waals surface area contributed by atoms with Gasteiger partial charge >= 0.3 is 19.8 Å². The Hall–Kier alpha value is -1.23. The molecule has 1 unspecified atom stereocenters. The van der Waals surface area contributed by atoms with Gasteiger partial charge in [-0.3, -0.25) is 23.7 Å². The van der Waals surface area contributed by atoms with Gasteiger partial charge in [-0.15, -0.1) is 0 Å². The first-order chi connectivity index (χ1) is 14.5. The second-order valence-electron chi connectivity index (χ2n) is 7.24. The smallest absolute Gasteiger partial charge is 0.470 e. The number of hydrogen-bond acceptors (Lipinski definition) is 11. The monoisotopic (exact) mass is 521 g/mol. The van der Waals surface area contributed by atoms with E-state index in [2.05, 4.69) is 9.84 Å². The largest absolute Gasteiger partial charge is 0.480 e. The lowest BCUT2D eigenvalue weighted by atomic mass is 9.87. The van der Waals surface area contributed by atoms with E-state index in [1.807, 2.05) is 0 Å². The highest BCUT2D eigenvalue weighted by Gasteiger charge is 2.40. The van der Waals surface area contributed by atoms with E-state index < -0.39 is 73.3 Å². The Bertz CT molecular complexity index is 733. The lowest BCUT2D eigenvalue weighted by Gasteiger charge is -2.31. The minimum absolute atomic E-state index is 0.121. The van der Waals surface area contributed by atoms with E-state index in [-0.39, 0.29) is 12.3 Å². The van der Waals surface area contributed by atoms with E-state index in [0.29, 0.717) is 0 Å². The number of carboxylic acid groups (broad SMARTS) is 2. The van der Waals surface area contributed by atoms with Gasteiger partial charge in [0.15, 0.2) is 11.9 Å². The second-order valence-corrected chi connectivity index (χ2v) is 11.0. The van der Waals surface area contributed by atoms with Crippen molar-refractivity contribution in [3.05, 3.63) is 0 Å². The van der Waals surface area contributed by atoms with Crippen molar-refractivity contribution >= 4 is 53.0 Å². The van der Waals surface area contributed by atoms with Crippen molar-refractivity contribution in [3.63, 3.8) is 0 Å². The Balaban J connectivity index is 5.08. The van der Waals surface area contributed by atoms with Crippen LogP contribution in [0.5, 0.6) is 0 Å². The van der Waals surface area contributed by atoms with Crippen LogP contribution in [0.15, 0.2) is 0 Å². The number of carboxylic acids is 2. The van der Waals surface area contributed by atoms with Crippen LogP contribution in [-0.4, -0.2) is 91.1 Å². The van der Waals surface area contributed by atoms with Gasteiger partial charge in [0.1, 0.15) is 12.1 Å². The van der Waals surface area contributed by atoms with Gasteiger partial charge in [-0.25, -0.2) is 4.57 Å². The van der Waals surface area contributed by atoms with Gasteiger partial charge in [-0.2, -0.15) is 0 Å². The molecule has 0 aliphatic heterocycles. The second kappa shape index (κ2) is 13.5. The molecule has 1 amide bonds. The number of aliphatic carboxylic acids is 2. The normalized spacial score (nSPS) is 16.0. The highest BCUT2D eigenvalue weighted by molar-refractivity contribution is 8.77. The summed E-state index contributed by atoms with van der Waals surface area (Å²) < 4.78 is 15.6. The number of phosphoric ester groups is 1. The summed E-state index contributed by atoms with van der Waals surface area (Å²) in [6.07, 6.45) is -2.14. The molecule has 0 saturated heterocycles. The van der Waals surface area contributed by atoms with Crippen LogP contribution in [-0.2, 0) is 28.3 Å². The molecule has 0 spiro atoms. The molecule has 32 heavy (non-hydrogen) atoms. The highest BCUT2D eigenvalue weighted by Crippen LogP contribution is 2.41. The van der Waals surface area contributed by atoms with Crippen molar-refractivity contribution in [1.82, 2.24) is 5.32 Å². The quantitative estimate of drug-likeness (QED) is 0.0817. The molecule has 186 valence electrons. The first-order valence-corrected chi connectivity index (χ1v) is 12.8. The molecule has 17 heteroatoms. The number of nitrogens with one attached hydrogen (secondary N) is 1. The molecule has 0 aliphatic rings. The first kappa shape index (κ1) is 30.8. The summed E-state index contributed by atoms with van der Waals surface area (Å²) >= 11 is 0. The van der Waals surface area contributed by atoms with Gasteiger partial charge in [0, 0.05) is 24.1 Å². The van der Waals surface area contributed by atoms with E-state index in [0.717, 1.165) is 21.6 Å². The molecule has 0 aromatic heterocycles. The summed E-state index contributed by atoms with van der Waals surface area (Å²) in [6.45, 7) is 1.67. The molecule has 0 radical (unpaired) electrons. The van der Waals surface area contributed by atoms with E-state index in [9.17, 15) is 28.8 Å². The Kier molecular flexibility index (Phi) is 13.0. The van der Waals surface area contributed by atoms with Gasteiger partial charge in [0.05, 0.1) is 11.9 Å². The standard InChI is InChI=1S/C15H28N3O11PS2/c1-15(2,6-19)11(29-30(26,27)28)12(21)18-4-3-8(20)10(9(17)14(24)25)32-31-5-7(16)13(22)23/h7,9-11,19H,3-6,16-17H2,1-2H3,(H,18,21)(H,22,23)(H,24,25)(H2,26,27,28)/t7-,9-,10?,11-/m0/s1. The lowest BCUT2D eigenvalue weighted by molar-refractivity contribution is -0.140. The molecular weight excluding hydrogens is 493 g/mol. The van der Waals surface area contributed by atoms with Gasteiger partial charge in [0.25, 0.3) is 0 Å². The fraction of sp³-hybridized carbons (Fsp3) is 0.733. The summed E-state index contributed by atoms with van der Waals surface area (Å²) in [5.74, 6) is -4.54. The molecule has 4 atom stereocenters. The van der Waals surface area contributed by atoms with Crippen LogP contribution in [0, 0.1) is 5.41 Å². The molecule has 0 rings (SSSR count). The van der Waals surface area contributed by atoms with Crippen molar-refractivity contribution in [1.29, 1.82) is 0 Å². The zero-order valence-electron chi connectivity index (χ0n) is 17.2. The number of rotatable bonds is 16. The maximum absolute atomic E-state index is 12.5. The molecule has 0 aliphatic carbocycles. The third kappa shape index (κ3) is 11.1. The Morgan fingerprint density at radius 1 is 1.12 bits per heavy atom. The number of carbonyl (C=O) groups excluding carboxylic acids is 2. The van der Waals surface area contributed by atoms with Crippen molar-refractivity contribution in [2.24, 2.45) is 16.9 Å².